The molecule has 1 aromatic heterocycles. The molecular weight excluding hydrogens is 392 g/mol. The lowest BCUT2D eigenvalue weighted by Gasteiger charge is -2.36. The van der Waals surface area contributed by atoms with Gasteiger partial charge in [0.25, 0.3) is 0 Å². The Morgan fingerprint density at radius 3 is 2.69 bits per heavy atom. The van der Waals surface area contributed by atoms with Crippen molar-refractivity contribution in [3.05, 3.63) is 52.1 Å². The van der Waals surface area contributed by atoms with E-state index in [9.17, 15) is 4.79 Å². The van der Waals surface area contributed by atoms with Gasteiger partial charge in [0, 0.05) is 49.1 Å². The summed E-state index contributed by atoms with van der Waals surface area (Å²) in [4.78, 5) is 23.9. The van der Waals surface area contributed by atoms with Crippen LogP contribution in [0.2, 0.25) is 0 Å². The van der Waals surface area contributed by atoms with Crippen LogP contribution in [0.4, 0.5) is 11.5 Å². The summed E-state index contributed by atoms with van der Waals surface area (Å²) < 4.78 is 1.01. The summed E-state index contributed by atoms with van der Waals surface area (Å²) in [5.74, 6) is 1.26. The molecule has 3 heterocycles. The number of aryl methyl sites for hydroxylation is 1. The molecule has 0 spiro atoms. The highest BCUT2D eigenvalue weighted by Crippen LogP contribution is 2.27. The maximum absolute atomic E-state index is 12.8. The highest BCUT2D eigenvalue weighted by molar-refractivity contribution is 9.10. The van der Waals surface area contributed by atoms with Crippen molar-refractivity contribution in [2.24, 2.45) is 0 Å². The van der Waals surface area contributed by atoms with E-state index < -0.39 is 0 Å². The quantitative estimate of drug-likeness (QED) is 0.773. The number of benzene rings is 1. The molecule has 136 valence electrons. The minimum atomic E-state index is 0.210. The van der Waals surface area contributed by atoms with E-state index in [0.29, 0.717) is 6.54 Å². The van der Waals surface area contributed by atoms with Gasteiger partial charge in [0.15, 0.2) is 0 Å². The zero-order valence-electron chi connectivity index (χ0n) is 15.0. The monoisotopic (exact) mass is 414 g/mol. The second-order valence-corrected chi connectivity index (χ2v) is 7.90. The van der Waals surface area contributed by atoms with Gasteiger partial charge in [-0.3, -0.25) is 9.69 Å². The van der Waals surface area contributed by atoms with Crippen molar-refractivity contribution in [2.45, 2.75) is 13.3 Å². The summed E-state index contributed by atoms with van der Waals surface area (Å²) in [7, 11) is 0. The van der Waals surface area contributed by atoms with Gasteiger partial charge in [0.05, 0.1) is 6.54 Å². The van der Waals surface area contributed by atoms with Crippen LogP contribution in [0, 0.1) is 6.92 Å². The van der Waals surface area contributed by atoms with Crippen LogP contribution < -0.4 is 9.80 Å². The Kier molecular flexibility index (Phi) is 4.96. The minimum Gasteiger partial charge on any atom is -0.354 e. The van der Waals surface area contributed by atoms with Crippen molar-refractivity contribution >= 4 is 33.3 Å². The summed E-state index contributed by atoms with van der Waals surface area (Å²) in [6.07, 6.45) is 2.81. The highest BCUT2D eigenvalue weighted by atomic mass is 79.9. The largest absolute Gasteiger partial charge is 0.354 e. The lowest BCUT2D eigenvalue weighted by Crippen LogP contribution is -2.50. The predicted molar refractivity (Wildman–Crippen MR) is 108 cm³/mol. The molecule has 2 aliphatic heterocycles. The van der Waals surface area contributed by atoms with E-state index in [1.54, 1.807) is 0 Å². The molecule has 6 heteroatoms. The average Bonchev–Trinajstić information content (AvgIpc) is 3.07. The number of carbonyl (C=O) groups is 1. The number of hydrogen-bond donors (Lipinski definition) is 0. The molecule has 1 amide bonds. The van der Waals surface area contributed by atoms with Crippen molar-refractivity contribution in [1.82, 2.24) is 9.88 Å². The zero-order valence-corrected chi connectivity index (χ0v) is 16.6. The van der Waals surface area contributed by atoms with Gasteiger partial charge >= 0.3 is 0 Å². The summed E-state index contributed by atoms with van der Waals surface area (Å²) in [5.41, 5.74) is 3.55. The Hall–Kier alpha value is -1.92. The van der Waals surface area contributed by atoms with Gasteiger partial charge in [-0.15, -0.1) is 0 Å². The number of para-hydroxylation sites is 1. The first-order valence-electron chi connectivity index (χ1n) is 9.09. The molecule has 0 bridgehead atoms. The highest BCUT2D eigenvalue weighted by Gasteiger charge is 2.27. The summed E-state index contributed by atoms with van der Waals surface area (Å²) in [6, 6.07) is 10.3. The number of carbonyl (C=O) groups excluding carboxylic acids is 1. The molecule has 0 N–H and O–H groups in total. The van der Waals surface area contributed by atoms with Gasteiger partial charge in [-0.1, -0.05) is 18.2 Å². The van der Waals surface area contributed by atoms with Crippen LogP contribution in [0.15, 0.2) is 41.0 Å². The number of rotatable bonds is 3. The van der Waals surface area contributed by atoms with E-state index in [0.717, 1.165) is 55.1 Å². The summed E-state index contributed by atoms with van der Waals surface area (Å²) >= 11 is 3.47. The molecule has 5 nitrogen and oxygen atoms in total. The van der Waals surface area contributed by atoms with Crippen molar-refractivity contribution in [3.63, 3.8) is 0 Å². The molecule has 1 fully saturated rings. The van der Waals surface area contributed by atoms with E-state index in [4.69, 9.17) is 0 Å². The first-order chi connectivity index (χ1) is 12.6. The van der Waals surface area contributed by atoms with Crippen molar-refractivity contribution < 1.29 is 4.79 Å². The molecule has 0 aliphatic carbocycles. The van der Waals surface area contributed by atoms with Crippen molar-refractivity contribution in [3.8, 4) is 0 Å². The molecular formula is C20H23BrN4O. The van der Waals surface area contributed by atoms with E-state index >= 15 is 0 Å². The smallest absolute Gasteiger partial charge is 0.241 e. The molecule has 0 unspecified atom stereocenters. The van der Waals surface area contributed by atoms with Gasteiger partial charge < -0.3 is 9.80 Å². The third kappa shape index (κ3) is 3.48. The fourth-order valence-corrected chi connectivity index (χ4v) is 4.30. The average molecular weight is 415 g/mol. The van der Waals surface area contributed by atoms with Crippen LogP contribution in [0.25, 0.3) is 0 Å². The SMILES string of the molecule is Cc1cc(Br)cnc1N1CCN(CC(=O)N2CCc3ccccc32)CC1. The molecule has 2 aromatic rings. The minimum absolute atomic E-state index is 0.210. The zero-order chi connectivity index (χ0) is 18.1. The maximum Gasteiger partial charge on any atom is 0.241 e. The van der Waals surface area contributed by atoms with E-state index in [1.807, 2.05) is 23.2 Å². The topological polar surface area (TPSA) is 39.7 Å². The number of piperazine rings is 1. The van der Waals surface area contributed by atoms with Crippen molar-refractivity contribution in [1.29, 1.82) is 0 Å². The molecule has 0 saturated carbocycles. The third-order valence-electron chi connectivity index (χ3n) is 5.24. The Morgan fingerprint density at radius 1 is 1.15 bits per heavy atom. The van der Waals surface area contributed by atoms with Gasteiger partial charge in [0.2, 0.25) is 5.91 Å². The van der Waals surface area contributed by atoms with Crippen LogP contribution in [-0.4, -0.2) is 55.1 Å². The van der Waals surface area contributed by atoms with E-state index in [-0.39, 0.29) is 5.91 Å². The number of nitrogens with zero attached hydrogens (tertiary/aromatic N) is 4. The Balaban J connectivity index is 1.35. The number of halogens is 1. The fraction of sp³-hybridized carbons (Fsp3) is 0.400. The van der Waals surface area contributed by atoms with Gasteiger partial charge in [-0.2, -0.15) is 0 Å². The summed E-state index contributed by atoms with van der Waals surface area (Å²) in [5, 5.41) is 0. The number of amides is 1. The lowest BCUT2D eigenvalue weighted by molar-refractivity contribution is -0.119. The van der Waals surface area contributed by atoms with Gasteiger partial charge in [-0.05, 0) is 52.5 Å². The number of anilines is 2. The van der Waals surface area contributed by atoms with Crippen LogP contribution in [0.3, 0.4) is 0 Å². The number of aromatic nitrogens is 1. The maximum atomic E-state index is 12.8. The molecule has 26 heavy (non-hydrogen) atoms. The van der Waals surface area contributed by atoms with Crippen molar-refractivity contribution in [2.75, 3.05) is 49.1 Å². The molecule has 0 radical (unpaired) electrons. The van der Waals surface area contributed by atoms with Crippen LogP contribution in [0.5, 0.6) is 0 Å². The molecule has 2 aliphatic rings. The third-order valence-corrected chi connectivity index (χ3v) is 5.67. The van der Waals surface area contributed by atoms with Crippen LogP contribution in [0.1, 0.15) is 11.1 Å². The predicted octanol–water partition coefficient (Wildman–Crippen LogP) is 2.86. The van der Waals surface area contributed by atoms with Gasteiger partial charge in [-0.25, -0.2) is 4.98 Å². The standard InChI is InChI=1S/C20H23BrN4O/c1-15-12-17(21)13-22-20(15)24-10-8-23(9-11-24)14-19(26)25-7-6-16-4-2-3-5-18(16)25/h2-5,12-13H,6-11,14H2,1H3. The second kappa shape index (κ2) is 7.37. The van der Waals surface area contributed by atoms with Crippen LogP contribution >= 0.6 is 15.9 Å². The molecule has 0 atom stereocenters. The first kappa shape index (κ1) is 17.5. The first-order valence-corrected chi connectivity index (χ1v) is 9.89. The van der Waals surface area contributed by atoms with Crippen LogP contribution in [-0.2, 0) is 11.2 Å². The molecule has 1 aromatic carbocycles. The Morgan fingerprint density at radius 2 is 1.92 bits per heavy atom. The van der Waals surface area contributed by atoms with E-state index in [2.05, 4.69) is 55.8 Å². The number of hydrogen-bond acceptors (Lipinski definition) is 4. The Bertz CT molecular complexity index is 817. The van der Waals surface area contributed by atoms with Gasteiger partial charge in [0.1, 0.15) is 5.82 Å². The molecule has 1 saturated heterocycles. The lowest BCUT2D eigenvalue weighted by atomic mass is 10.2. The molecule has 4 rings (SSSR count). The van der Waals surface area contributed by atoms with E-state index in [1.165, 1.54) is 11.1 Å². The summed E-state index contributed by atoms with van der Waals surface area (Å²) in [6.45, 7) is 6.97. The number of pyridine rings is 1. The number of fused-ring (bicyclic) bond motifs is 1. The second-order valence-electron chi connectivity index (χ2n) is 6.98. The normalized spacial score (nSPS) is 17.5. The fourth-order valence-electron chi connectivity index (χ4n) is 3.86. The Labute approximate surface area is 162 Å².